The number of anilines is 1. The summed E-state index contributed by atoms with van der Waals surface area (Å²) in [6.07, 6.45) is 2.36. The highest BCUT2D eigenvalue weighted by molar-refractivity contribution is 5.79. The number of nitrogens with one attached hydrogen (secondary N) is 1. The highest BCUT2D eigenvalue weighted by atomic mass is 16.2. The SMILES string of the molecule is CN1CC(NC(=O)CCc2cccc(N)c2)CCC1=O. The van der Waals surface area contributed by atoms with Gasteiger partial charge in [0.2, 0.25) is 11.8 Å². The van der Waals surface area contributed by atoms with Crippen LogP contribution in [0.3, 0.4) is 0 Å². The summed E-state index contributed by atoms with van der Waals surface area (Å²) in [6.45, 7) is 0.600. The van der Waals surface area contributed by atoms with Crippen molar-refractivity contribution in [2.24, 2.45) is 0 Å². The average Bonchev–Trinajstić information content (AvgIpc) is 2.41. The van der Waals surface area contributed by atoms with Crippen molar-refractivity contribution in [3.63, 3.8) is 0 Å². The molecule has 1 aliphatic rings. The second-order valence-corrected chi connectivity index (χ2v) is 5.32. The highest BCUT2D eigenvalue weighted by Gasteiger charge is 2.23. The zero-order valence-electron chi connectivity index (χ0n) is 11.8. The summed E-state index contributed by atoms with van der Waals surface area (Å²) in [5, 5.41) is 2.99. The number of benzene rings is 1. The number of hydrogen-bond acceptors (Lipinski definition) is 3. The first-order valence-electron chi connectivity index (χ1n) is 6.92. The lowest BCUT2D eigenvalue weighted by atomic mass is 10.0. The molecule has 1 saturated heterocycles. The number of aryl methyl sites for hydroxylation is 1. The molecule has 5 heteroatoms. The van der Waals surface area contributed by atoms with Crippen molar-refractivity contribution >= 4 is 17.5 Å². The number of carbonyl (C=O) groups is 2. The van der Waals surface area contributed by atoms with Crippen molar-refractivity contribution in [1.29, 1.82) is 0 Å². The van der Waals surface area contributed by atoms with Gasteiger partial charge < -0.3 is 16.0 Å². The van der Waals surface area contributed by atoms with Crippen molar-refractivity contribution in [1.82, 2.24) is 10.2 Å². The number of nitrogens with two attached hydrogens (primary N) is 1. The van der Waals surface area contributed by atoms with Crippen LogP contribution in [0.4, 0.5) is 5.69 Å². The van der Waals surface area contributed by atoms with Crippen molar-refractivity contribution < 1.29 is 9.59 Å². The Morgan fingerprint density at radius 1 is 1.50 bits per heavy atom. The molecule has 0 saturated carbocycles. The maximum atomic E-state index is 11.9. The predicted octanol–water partition coefficient (Wildman–Crippen LogP) is 0.938. The zero-order valence-corrected chi connectivity index (χ0v) is 11.8. The summed E-state index contributed by atoms with van der Waals surface area (Å²) in [5.74, 6) is 0.176. The van der Waals surface area contributed by atoms with Gasteiger partial charge >= 0.3 is 0 Å². The minimum Gasteiger partial charge on any atom is -0.399 e. The number of rotatable bonds is 4. The van der Waals surface area contributed by atoms with E-state index in [4.69, 9.17) is 5.73 Å². The molecule has 3 N–H and O–H groups in total. The second-order valence-electron chi connectivity index (χ2n) is 5.32. The van der Waals surface area contributed by atoms with Gasteiger partial charge in [0.05, 0.1) is 0 Å². The molecule has 2 amide bonds. The normalized spacial score (nSPS) is 18.9. The van der Waals surface area contributed by atoms with Crippen LogP contribution in [0, 0.1) is 0 Å². The first-order chi connectivity index (χ1) is 9.54. The number of hydrogen-bond donors (Lipinski definition) is 2. The smallest absolute Gasteiger partial charge is 0.222 e. The lowest BCUT2D eigenvalue weighted by Gasteiger charge is -2.30. The molecule has 20 heavy (non-hydrogen) atoms. The van der Waals surface area contributed by atoms with Crippen LogP contribution < -0.4 is 11.1 Å². The van der Waals surface area contributed by atoms with Crippen molar-refractivity contribution in [2.75, 3.05) is 19.3 Å². The topological polar surface area (TPSA) is 75.4 Å². The third-order valence-corrected chi connectivity index (χ3v) is 3.58. The van der Waals surface area contributed by atoms with E-state index in [1.807, 2.05) is 24.3 Å². The monoisotopic (exact) mass is 275 g/mol. The number of carbonyl (C=O) groups excluding carboxylic acids is 2. The predicted molar refractivity (Wildman–Crippen MR) is 78.0 cm³/mol. The van der Waals surface area contributed by atoms with Gasteiger partial charge in [0.1, 0.15) is 0 Å². The van der Waals surface area contributed by atoms with Crippen LogP contribution in [0.1, 0.15) is 24.8 Å². The summed E-state index contributed by atoms with van der Waals surface area (Å²) in [6, 6.07) is 7.66. The molecule has 0 aromatic heterocycles. The minimum absolute atomic E-state index is 0.0279. The molecule has 1 fully saturated rings. The molecule has 5 nitrogen and oxygen atoms in total. The van der Waals surface area contributed by atoms with Gasteiger partial charge in [-0.05, 0) is 30.5 Å². The standard InChI is InChI=1S/C15H21N3O2/c1-18-10-13(6-8-15(18)20)17-14(19)7-5-11-3-2-4-12(16)9-11/h2-4,9,13H,5-8,10,16H2,1H3,(H,17,19). The number of amides is 2. The molecule has 0 aliphatic carbocycles. The lowest BCUT2D eigenvalue weighted by molar-refractivity contribution is -0.134. The van der Waals surface area contributed by atoms with Crippen LogP contribution in [-0.4, -0.2) is 36.3 Å². The van der Waals surface area contributed by atoms with Crippen LogP contribution in [0.15, 0.2) is 24.3 Å². The Kier molecular flexibility index (Phi) is 4.61. The largest absolute Gasteiger partial charge is 0.399 e. The van der Waals surface area contributed by atoms with Crippen molar-refractivity contribution in [3.05, 3.63) is 29.8 Å². The number of nitrogen functional groups attached to an aromatic ring is 1. The number of piperidine rings is 1. The molecule has 1 aromatic rings. The minimum atomic E-state index is 0.0279. The molecule has 108 valence electrons. The van der Waals surface area contributed by atoms with E-state index in [0.29, 0.717) is 25.8 Å². The summed E-state index contributed by atoms with van der Waals surface area (Å²) in [7, 11) is 1.77. The van der Waals surface area contributed by atoms with Gasteiger partial charge in [0.15, 0.2) is 0 Å². The zero-order chi connectivity index (χ0) is 14.5. The van der Waals surface area contributed by atoms with Gasteiger partial charge in [-0.15, -0.1) is 0 Å². The van der Waals surface area contributed by atoms with Crippen LogP contribution in [0.2, 0.25) is 0 Å². The Balaban J connectivity index is 1.77. The van der Waals surface area contributed by atoms with Gasteiger partial charge in [-0.25, -0.2) is 0 Å². The van der Waals surface area contributed by atoms with Gasteiger partial charge in [-0.3, -0.25) is 9.59 Å². The van der Waals surface area contributed by atoms with E-state index in [1.54, 1.807) is 11.9 Å². The quantitative estimate of drug-likeness (QED) is 0.803. The van der Waals surface area contributed by atoms with Gasteiger partial charge in [-0.1, -0.05) is 12.1 Å². The van der Waals surface area contributed by atoms with Gasteiger partial charge in [-0.2, -0.15) is 0 Å². The third-order valence-electron chi connectivity index (χ3n) is 3.58. The first-order valence-corrected chi connectivity index (χ1v) is 6.92. The average molecular weight is 275 g/mol. The molecule has 1 aliphatic heterocycles. The fourth-order valence-corrected chi connectivity index (χ4v) is 2.44. The van der Waals surface area contributed by atoms with E-state index in [9.17, 15) is 9.59 Å². The summed E-state index contributed by atoms with van der Waals surface area (Å²) < 4.78 is 0. The van der Waals surface area contributed by atoms with E-state index in [2.05, 4.69) is 5.32 Å². The number of likely N-dealkylation sites (N-methyl/N-ethyl adjacent to an activating group) is 1. The summed E-state index contributed by atoms with van der Waals surface area (Å²) in [4.78, 5) is 25.0. The third kappa shape index (κ3) is 3.98. The fourth-order valence-electron chi connectivity index (χ4n) is 2.44. The van der Waals surface area contributed by atoms with E-state index in [1.165, 1.54) is 0 Å². The van der Waals surface area contributed by atoms with Gasteiger partial charge in [0, 0.05) is 38.2 Å². The Bertz CT molecular complexity index is 502. The Labute approximate surface area is 119 Å². The van der Waals surface area contributed by atoms with Crippen molar-refractivity contribution in [2.45, 2.75) is 31.7 Å². The fraction of sp³-hybridized carbons (Fsp3) is 0.467. The molecule has 0 spiro atoms. The molecule has 1 atom stereocenters. The summed E-state index contributed by atoms with van der Waals surface area (Å²) >= 11 is 0. The van der Waals surface area contributed by atoms with Gasteiger partial charge in [0.25, 0.3) is 0 Å². The lowest BCUT2D eigenvalue weighted by Crippen LogP contribution is -2.48. The molecule has 0 bridgehead atoms. The Morgan fingerprint density at radius 2 is 2.30 bits per heavy atom. The Morgan fingerprint density at radius 3 is 3.00 bits per heavy atom. The molecule has 1 unspecified atom stereocenters. The van der Waals surface area contributed by atoms with Crippen molar-refractivity contribution in [3.8, 4) is 0 Å². The number of likely N-dealkylation sites (tertiary alicyclic amines) is 1. The molecular formula is C15H21N3O2. The van der Waals surface area contributed by atoms with Crippen LogP contribution >= 0.6 is 0 Å². The maximum Gasteiger partial charge on any atom is 0.222 e. The number of nitrogens with zero attached hydrogens (tertiary/aromatic N) is 1. The van der Waals surface area contributed by atoms with Crippen LogP contribution in [0.25, 0.3) is 0 Å². The Hall–Kier alpha value is -2.04. The van der Waals surface area contributed by atoms with E-state index in [0.717, 1.165) is 17.7 Å². The molecule has 1 aromatic carbocycles. The molecule has 2 rings (SSSR count). The first kappa shape index (κ1) is 14.4. The molecular weight excluding hydrogens is 254 g/mol. The highest BCUT2D eigenvalue weighted by Crippen LogP contribution is 2.11. The summed E-state index contributed by atoms with van der Waals surface area (Å²) in [5.41, 5.74) is 7.49. The van der Waals surface area contributed by atoms with Crippen LogP contribution in [-0.2, 0) is 16.0 Å². The van der Waals surface area contributed by atoms with Crippen LogP contribution in [0.5, 0.6) is 0 Å². The van der Waals surface area contributed by atoms with E-state index in [-0.39, 0.29) is 17.9 Å². The van der Waals surface area contributed by atoms with E-state index >= 15 is 0 Å². The molecule has 1 heterocycles. The molecule has 0 radical (unpaired) electrons. The maximum absolute atomic E-state index is 11.9. The van der Waals surface area contributed by atoms with E-state index < -0.39 is 0 Å². The second kappa shape index (κ2) is 6.41.